The maximum Gasteiger partial charge on any atom is 0.259 e. The molecule has 0 rings (SSSR count). The molecule has 0 aliphatic rings. The van der Waals surface area contributed by atoms with Gasteiger partial charge < -0.3 is 9.47 Å². The van der Waals surface area contributed by atoms with Crippen LogP contribution in [0.3, 0.4) is 0 Å². The van der Waals surface area contributed by atoms with Gasteiger partial charge in [-0.1, -0.05) is 0 Å². The van der Waals surface area contributed by atoms with E-state index in [2.05, 4.69) is 0 Å². The van der Waals surface area contributed by atoms with Gasteiger partial charge in [0, 0.05) is 13.7 Å². The minimum atomic E-state index is -0.324. The van der Waals surface area contributed by atoms with Gasteiger partial charge in [0.2, 0.25) is 0 Å². The zero-order valence-corrected chi connectivity index (χ0v) is 8.42. The topological polar surface area (TPSA) is 73.6 Å². The maximum atomic E-state index is 10.6. The number of amides is 1. The molecular formula is C8H18N2O3. The van der Waals surface area contributed by atoms with Crippen LogP contribution in [0.25, 0.3) is 0 Å². The molecule has 5 nitrogen and oxygen atoms in total. The number of carbonyl (C=O) groups is 1. The fourth-order valence-corrected chi connectivity index (χ4v) is 0.627. The van der Waals surface area contributed by atoms with Gasteiger partial charge in [0.25, 0.3) is 5.91 Å². The van der Waals surface area contributed by atoms with Crippen LogP contribution < -0.4 is 11.3 Å². The first-order valence-electron chi connectivity index (χ1n) is 4.14. The van der Waals surface area contributed by atoms with E-state index in [1.807, 2.05) is 19.3 Å². The van der Waals surface area contributed by atoms with Gasteiger partial charge in [-0.2, -0.15) is 0 Å². The van der Waals surface area contributed by atoms with Crippen molar-refractivity contribution in [1.29, 1.82) is 0 Å². The highest BCUT2D eigenvalue weighted by Gasteiger charge is 2.15. The lowest BCUT2D eigenvalue weighted by atomic mass is 10.1. The van der Waals surface area contributed by atoms with Crippen molar-refractivity contribution in [2.45, 2.75) is 25.9 Å². The van der Waals surface area contributed by atoms with E-state index in [9.17, 15) is 4.79 Å². The van der Waals surface area contributed by atoms with E-state index in [0.29, 0.717) is 6.61 Å². The Bertz CT molecular complexity index is 159. The number of hydrogen-bond acceptors (Lipinski definition) is 4. The van der Waals surface area contributed by atoms with Crippen molar-refractivity contribution in [3.05, 3.63) is 0 Å². The highest BCUT2D eigenvalue weighted by atomic mass is 16.5. The van der Waals surface area contributed by atoms with Gasteiger partial charge in [-0.15, -0.1) is 0 Å². The van der Waals surface area contributed by atoms with E-state index in [4.69, 9.17) is 15.3 Å². The standard InChI is InChI=1S/C8H18N2O3/c1-8(2,12-3)4-5-13-6-7(11)10-9/h4-6,9H2,1-3H3,(H,10,11). The summed E-state index contributed by atoms with van der Waals surface area (Å²) in [6.07, 6.45) is 0.737. The molecule has 0 aromatic carbocycles. The Morgan fingerprint density at radius 1 is 1.54 bits per heavy atom. The SMILES string of the molecule is COC(C)(C)CCOCC(=O)NN. The predicted molar refractivity (Wildman–Crippen MR) is 48.9 cm³/mol. The normalized spacial score (nSPS) is 11.4. The highest BCUT2D eigenvalue weighted by molar-refractivity contribution is 5.76. The van der Waals surface area contributed by atoms with E-state index in [0.717, 1.165) is 6.42 Å². The zero-order valence-electron chi connectivity index (χ0n) is 8.42. The van der Waals surface area contributed by atoms with Crippen molar-refractivity contribution in [3.8, 4) is 0 Å². The van der Waals surface area contributed by atoms with Crippen molar-refractivity contribution in [1.82, 2.24) is 5.43 Å². The van der Waals surface area contributed by atoms with Crippen molar-refractivity contribution in [3.63, 3.8) is 0 Å². The first kappa shape index (κ1) is 12.3. The molecule has 0 unspecified atom stereocenters. The number of ether oxygens (including phenoxy) is 2. The van der Waals surface area contributed by atoms with Crippen LogP contribution in [0, 0.1) is 0 Å². The van der Waals surface area contributed by atoms with Gasteiger partial charge in [-0.25, -0.2) is 5.84 Å². The lowest BCUT2D eigenvalue weighted by molar-refractivity contribution is -0.126. The third-order valence-electron chi connectivity index (χ3n) is 1.80. The van der Waals surface area contributed by atoms with Gasteiger partial charge in [-0.3, -0.25) is 10.2 Å². The van der Waals surface area contributed by atoms with Crippen LogP contribution in [0.2, 0.25) is 0 Å². The molecule has 78 valence electrons. The number of hydrazine groups is 1. The van der Waals surface area contributed by atoms with E-state index in [-0.39, 0.29) is 18.1 Å². The quantitative estimate of drug-likeness (QED) is 0.263. The summed E-state index contributed by atoms with van der Waals surface area (Å²) in [4.78, 5) is 10.6. The fraction of sp³-hybridized carbons (Fsp3) is 0.875. The van der Waals surface area contributed by atoms with Crippen LogP contribution in [0.15, 0.2) is 0 Å². The first-order valence-corrected chi connectivity index (χ1v) is 4.14. The molecule has 0 aromatic rings. The third kappa shape index (κ3) is 6.51. The fourth-order valence-electron chi connectivity index (χ4n) is 0.627. The number of hydrogen-bond donors (Lipinski definition) is 2. The summed E-state index contributed by atoms with van der Waals surface area (Å²) in [7, 11) is 1.65. The molecule has 0 saturated heterocycles. The van der Waals surface area contributed by atoms with Crippen molar-refractivity contribution in [2.24, 2.45) is 5.84 Å². The molecule has 0 fully saturated rings. The summed E-state index contributed by atoms with van der Waals surface area (Å²) in [6, 6.07) is 0. The van der Waals surface area contributed by atoms with Crippen LogP contribution in [-0.4, -0.2) is 31.8 Å². The summed E-state index contributed by atoms with van der Waals surface area (Å²) < 4.78 is 10.2. The van der Waals surface area contributed by atoms with Crippen LogP contribution in [0.1, 0.15) is 20.3 Å². The third-order valence-corrected chi connectivity index (χ3v) is 1.80. The van der Waals surface area contributed by atoms with Gasteiger partial charge in [0.05, 0.1) is 5.60 Å². The van der Waals surface area contributed by atoms with E-state index in [1.54, 1.807) is 7.11 Å². The van der Waals surface area contributed by atoms with Gasteiger partial charge >= 0.3 is 0 Å². The number of nitrogens with two attached hydrogens (primary N) is 1. The molecular weight excluding hydrogens is 172 g/mol. The second-order valence-electron chi connectivity index (χ2n) is 3.33. The molecule has 0 radical (unpaired) electrons. The van der Waals surface area contributed by atoms with Crippen molar-refractivity contribution in [2.75, 3.05) is 20.3 Å². The molecule has 0 heterocycles. The molecule has 0 bridgehead atoms. The molecule has 1 amide bonds. The minimum absolute atomic E-state index is 0.00368. The van der Waals surface area contributed by atoms with Gasteiger partial charge in [0.15, 0.2) is 0 Å². The van der Waals surface area contributed by atoms with Crippen LogP contribution in [0.4, 0.5) is 0 Å². The second kappa shape index (κ2) is 5.90. The lowest BCUT2D eigenvalue weighted by Gasteiger charge is -2.22. The number of carbonyl (C=O) groups excluding carboxylic acids is 1. The van der Waals surface area contributed by atoms with Gasteiger partial charge in [-0.05, 0) is 20.3 Å². The number of nitrogens with one attached hydrogen (secondary N) is 1. The summed E-state index contributed by atoms with van der Waals surface area (Å²) in [5.41, 5.74) is 1.77. The minimum Gasteiger partial charge on any atom is -0.379 e. The summed E-state index contributed by atoms with van der Waals surface area (Å²) in [6.45, 7) is 4.39. The highest BCUT2D eigenvalue weighted by Crippen LogP contribution is 2.12. The summed E-state index contributed by atoms with van der Waals surface area (Å²) in [5, 5.41) is 0. The zero-order chi connectivity index (χ0) is 10.3. The Labute approximate surface area is 78.5 Å². The van der Waals surface area contributed by atoms with E-state index < -0.39 is 0 Å². The Kier molecular flexibility index (Phi) is 5.61. The predicted octanol–water partition coefficient (Wildman–Crippen LogP) is -0.192. The van der Waals surface area contributed by atoms with E-state index >= 15 is 0 Å². The maximum absolute atomic E-state index is 10.6. The van der Waals surface area contributed by atoms with Crippen molar-refractivity contribution >= 4 is 5.91 Å². The average molecular weight is 190 g/mol. The molecule has 0 spiro atoms. The second-order valence-corrected chi connectivity index (χ2v) is 3.33. The number of rotatable bonds is 6. The number of methoxy groups -OCH3 is 1. The molecule has 0 atom stereocenters. The molecule has 0 aliphatic heterocycles. The van der Waals surface area contributed by atoms with Crippen LogP contribution >= 0.6 is 0 Å². The summed E-state index contributed by atoms with van der Waals surface area (Å²) in [5.74, 6) is 4.54. The Hall–Kier alpha value is -0.650. The summed E-state index contributed by atoms with van der Waals surface area (Å²) >= 11 is 0. The molecule has 5 heteroatoms. The average Bonchev–Trinajstić information content (AvgIpc) is 2.12. The van der Waals surface area contributed by atoms with Crippen LogP contribution in [-0.2, 0) is 14.3 Å². The van der Waals surface area contributed by atoms with Crippen molar-refractivity contribution < 1.29 is 14.3 Å². The molecule has 0 saturated carbocycles. The molecule has 3 N–H and O–H groups in total. The molecule has 13 heavy (non-hydrogen) atoms. The Morgan fingerprint density at radius 2 is 2.15 bits per heavy atom. The Balaban J connectivity index is 3.41. The Morgan fingerprint density at radius 3 is 2.62 bits per heavy atom. The van der Waals surface area contributed by atoms with E-state index in [1.165, 1.54) is 0 Å². The molecule has 0 aromatic heterocycles. The monoisotopic (exact) mass is 190 g/mol. The van der Waals surface area contributed by atoms with Crippen LogP contribution in [0.5, 0.6) is 0 Å². The first-order chi connectivity index (χ1) is 6.02. The largest absolute Gasteiger partial charge is 0.379 e. The van der Waals surface area contributed by atoms with Gasteiger partial charge in [0.1, 0.15) is 6.61 Å². The lowest BCUT2D eigenvalue weighted by Crippen LogP contribution is -2.34. The molecule has 0 aliphatic carbocycles. The smallest absolute Gasteiger partial charge is 0.259 e.